The molecule has 0 unspecified atom stereocenters. The fourth-order valence-corrected chi connectivity index (χ4v) is 7.54. The van der Waals surface area contributed by atoms with E-state index in [1.165, 1.54) is 4.31 Å². The van der Waals surface area contributed by atoms with E-state index in [4.69, 9.17) is 16.1 Å². The molecule has 2 aliphatic rings. The Morgan fingerprint density at radius 1 is 1.06 bits per heavy atom. The summed E-state index contributed by atoms with van der Waals surface area (Å²) in [6.07, 6.45) is 0.616. The summed E-state index contributed by atoms with van der Waals surface area (Å²) in [7, 11) is -3.72. The summed E-state index contributed by atoms with van der Waals surface area (Å²) < 4.78 is 33.0. The molecule has 8 nitrogen and oxygen atoms in total. The number of fused-ring (bicyclic) bond motifs is 2. The number of hydrogen-bond donors (Lipinski definition) is 0. The zero-order valence-corrected chi connectivity index (χ0v) is 21.8. The molecule has 184 valence electrons. The lowest BCUT2D eigenvalue weighted by Crippen LogP contribution is -2.41. The molecule has 5 rings (SSSR count). The summed E-state index contributed by atoms with van der Waals surface area (Å²) in [6.45, 7) is 5.13. The molecule has 1 aromatic heterocycles. The van der Waals surface area contributed by atoms with Crippen LogP contribution in [0.1, 0.15) is 17.9 Å². The Labute approximate surface area is 213 Å². The normalized spacial score (nSPS) is 17.1. The quantitative estimate of drug-likeness (QED) is 0.490. The Morgan fingerprint density at radius 2 is 1.83 bits per heavy atom. The van der Waals surface area contributed by atoms with Crippen LogP contribution in [-0.4, -0.2) is 61.4 Å². The van der Waals surface area contributed by atoms with Crippen LogP contribution < -0.4 is 4.90 Å². The number of amides is 1. The number of sulfonamides is 1. The van der Waals surface area contributed by atoms with Crippen molar-refractivity contribution < 1.29 is 17.7 Å². The Bertz CT molecular complexity index is 1370. The Hall–Kier alpha value is -2.37. The van der Waals surface area contributed by atoms with Crippen molar-refractivity contribution in [1.82, 2.24) is 14.4 Å². The highest BCUT2D eigenvalue weighted by Gasteiger charge is 2.34. The molecule has 0 atom stereocenters. The average Bonchev–Trinajstić information content (AvgIpc) is 3.01. The minimum absolute atomic E-state index is 0.0803. The molecule has 0 radical (unpaired) electrons. The zero-order chi connectivity index (χ0) is 24.7. The second kappa shape index (κ2) is 9.59. The molecule has 0 N–H and O–H groups in total. The van der Waals surface area contributed by atoms with Crippen molar-refractivity contribution in [3.63, 3.8) is 0 Å². The first kappa shape index (κ1) is 24.3. The third kappa shape index (κ3) is 4.61. The zero-order valence-electron chi connectivity index (χ0n) is 19.4. The van der Waals surface area contributed by atoms with Gasteiger partial charge in [-0.15, -0.1) is 0 Å². The van der Waals surface area contributed by atoms with E-state index in [0.29, 0.717) is 36.8 Å². The molecule has 2 aromatic carbocycles. The van der Waals surface area contributed by atoms with Gasteiger partial charge >= 0.3 is 0 Å². The van der Waals surface area contributed by atoms with Gasteiger partial charge in [0.2, 0.25) is 15.9 Å². The first-order valence-electron chi connectivity index (χ1n) is 11.3. The van der Waals surface area contributed by atoms with Crippen molar-refractivity contribution >= 4 is 50.7 Å². The molecule has 3 heterocycles. The lowest BCUT2D eigenvalue weighted by molar-refractivity contribution is -0.119. The van der Waals surface area contributed by atoms with E-state index >= 15 is 0 Å². The van der Waals surface area contributed by atoms with Gasteiger partial charge in [0.25, 0.3) is 0 Å². The van der Waals surface area contributed by atoms with E-state index < -0.39 is 10.0 Å². The minimum atomic E-state index is -3.72. The molecule has 1 amide bonds. The highest BCUT2D eigenvalue weighted by atomic mass is 35.5. The lowest BCUT2D eigenvalue weighted by Gasteiger charge is -2.32. The van der Waals surface area contributed by atoms with E-state index in [0.717, 1.165) is 21.2 Å². The maximum atomic E-state index is 13.6. The number of benzene rings is 2. The highest BCUT2D eigenvalue weighted by Crippen LogP contribution is 2.48. The van der Waals surface area contributed by atoms with Crippen LogP contribution >= 0.6 is 23.4 Å². The number of carbonyl (C=O) groups is 1. The fraction of sp³-hybridized carbons (Fsp3) is 0.333. The minimum Gasteiger partial charge on any atom is -0.360 e. The van der Waals surface area contributed by atoms with Gasteiger partial charge in [-0.05, 0) is 57.1 Å². The second-order valence-corrected chi connectivity index (χ2v) is 12.0. The van der Waals surface area contributed by atoms with Crippen molar-refractivity contribution in [2.45, 2.75) is 35.0 Å². The summed E-state index contributed by atoms with van der Waals surface area (Å²) in [4.78, 5) is 19.5. The van der Waals surface area contributed by atoms with Gasteiger partial charge in [-0.25, -0.2) is 8.42 Å². The first-order valence-corrected chi connectivity index (χ1v) is 13.9. The number of hydrogen-bond acceptors (Lipinski definition) is 7. The van der Waals surface area contributed by atoms with Gasteiger partial charge in [-0.2, -0.15) is 4.31 Å². The Balaban J connectivity index is 1.35. The van der Waals surface area contributed by atoms with Crippen molar-refractivity contribution in [1.29, 1.82) is 0 Å². The topological polar surface area (TPSA) is 87.0 Å². The molecular formula is C24H25ClN4O4S2. The summed E-state index contributed by atoms with van der Waals surface area (Å²) >= 11 is 7.89. The third-order valence-corrected chi connectivity index (χ3v) is 9.72. The number of anilines is 2. The van der Waals surface area contributed by atoms with E-state index in [-0.39, 0.29) is 29.7 Å². The molecule has 0 spiro atoms. The molecule has 0 bridgehead atoms. The number of halogens is 1. The summed E-state index contributed by atoms with van der Waals surface area (Å²) in [5.41, 5.74) is 1.95. The summed E-state index contributed by atoms with van der Waals surface area (Å²) in [5.74, 6) is 0.209. The number of aryl methyl sites for hydroxylation is 2. The standard InChI is InChI=1S/C24H25ClN4O4S2/c1-16-24(17(2)33-26-16)35(31,32)28-11-5-10-27(12-13-28)15-23(30)29-19-6-3-4-7-21(19)34-22-9-8-18(25)14-20(22)29/h3-4,6-9,14H,5,10-13,15H2,1-2H3. The van der Waals surface area contributed by atoms with Crippen LogP contribution in [0.15, 0.2) is 61.7 Å². The van der Waals surface area contributed by atoms with Crippen LogP contribution in [0.2, 0.25) is 5.02 Å². The van der Waals surface area contributed by atoms with Gasteiger partial charge in [-0.3, -0.25) is 14.6 Å². The van der Waals surface area contributed by atoms with Crippen molar-refractivity contribution in [2.75, 3.05) is 37.6 Å². The fourth-order valence-electron chi connectivity index (χ4n) is 4.58. The maximum Gasteiger partial charge on any atom is 0.248 e. The van der Waals surface area contributed by atoms with Crippen LogP contribution in [0.3, 0.4) is 0 Å². The van der Waals surface area contributed by atoms with Crippen LogP contribution in [0.25, 0.3) is 0 Å². The van der Waals surface area contributed by atoms with Gasteiger partial charge in [0.15, 0.2) is 5.76 Å². The van der Waals surface area contributed by atoms with E-state index in [1.54, 1.807) is 30.5 Å². The lowest BCUT2D eigenvalue weighted by atomic mass is 10.2. The number of rotatable bonds is 4. The van der Waals surface area contributed by atoms with E-state index in [2.05, 4.69) is 5.16 Å². The van der Waals surface area contributed by atoms with Gasteiger partial charge in [0.1, 0.15) is 10.6 Å². The number of carbonyl (C=O) groups excluding carboxylic acids is 1. The third-order valence-electron chi connectivity index (χ3n) is 6.21. The molecule has 11 heteroatoms. The van der Waals surface area contributed by atoms with Crippen molar-refractivity contribution in [3.05, 3.63) is 58.9 Å². The largest absolute Gasteiger partial charge is 0.360 e. The predicted molar refractivity (Wildman–Crippen MR) is 135 cm³/mol. The Kier molecular flexibility index (Phi) is 6.67. The molecule has 0 aliphatic carbocycles. The van der Waals surface area contributed by atoms with Crippen molar-refractivity contribution in [2.24, 2.45) is 0 Å². The SMILES string of the molecule is Cc1noc(C)c1S(=O)(=O)N1CCCN(CC(=O)N2c3ccccc3Sc3ccc(Cl)cc32)CC1. The second-order valence-electron chi connectivity index (χ2n) is 8.60. The van der Waals surface area contributed by atoms with Crippen LogP contribution in [-0.2, 0) is 14.8 Å². The number of para-hydroxylation sites is 1. The molecule has 1 fully saturated rings. The molecule has 1 saturated heterocycles. The van der Waals surface area contributed by atoms with Gasteiger partial charge in [-0.1, -0.05) is 40.7 Å². The predicted octanol–water partition coefficient (Wildman–Crippen LogP) is 4.47. The molecule has 0 saturated carbocycles. The van der Waals surface area contributed by atoms with E-state index in [9.17, 15) is 13.2 Å². The van der Waals surface area contributed by atoms with E-state index in [1.807, 2.05) is 47.4 Å². The van der Waals surface area contributed by atoms with Gasteiger partial charge in [0.05, 0.1) is 17.9 Å². The first-order chi connectivity index (χ1) is 16.8. The molecule has 2 aliphatic heterocycles. The van der Waals surface area contributed by atoms with Crippen LogP contribution in [0.5, 0.6) is 0 Å². The van der Waals surface area contributed by atoms with Crippen LogP contribution in [0.4, 0.5) is 11.4 Å². The smallest absolute Gasteiger partial charge is 0.248 e. The van der Waals surface area contributed by atoms with Crippen molar-refractivity contribution in [3.8, 4) is 0 Å². The molecule has 35 heavy (non-hydrogen) atoms. The maximum absolute atomic E-state index is 13.6. The average molecular weight is 533 g/mol. The van der Waals surface area contributed by atoms with Gasteiger partial charge in [0, 0.05) is 34.4 Å². The number of aromatic nitrogens is 1. The monoisotopic (exact) mass is 532 g/mol. The van der Waals surface area contributed by atoms with Crippen LogP contribution in [0, 0.1) is 13.8 Å². The van der Waals surface area contributed by atoms with Gasteiger partial charge < -0.3 is 4.52 Å². The summed E-state index contributed by atoms with van der Waals surface area (Å²) in [5, 5.41) is 4.36. The number of nitrogens with zero attached hydrogens (tertiary/aromatic N) is 4. The summed E-state index contributed by atoms with van der Waals surface area (Å²) in [6, 6.07) is 13.4. The Morgan fingerprint density at radius 3 is 2.60 bits per heavy atom. The highest BCUT2D eigenvalue weighted by molar-refractivity contribution is 7.99. The molecular weight excluding hydrogens is 508 g/mol. The molecule has 3 aromatic rings.